The predicted octanol–water partition coefficient (Wildman–Crippen LogP) is 8.58. The van der Waals surface area contributed by atoms with E-state index < -0.39 is 13.7 Å². The van der Waals surface area contributed by atoms with Crippen molar-refractivity contribution >= 4 is 49.6 Å². The van der Waals surface area contributed by atoms with Gasteiger partial charge < -0.3 is 5.73 Å². The van der Waals surface area contributed by atoms with Gasteiger partial charge in [0.25, 0.3) is 0 Å². The van der Waals surface area contributed by atoms with Crippen molar-refractivity contribution in [2.24, 2.45) is 5.73 Å². The fraction of sp³-hybridized carbons (Fsp3) is 1.00. The molecule has 0 unspecified atom stereocenters. The van der Waals surface area contributed by atoms with Crippen LogP contribution in [-0.4, -0.2) is 20.2 Å². The summed E-state index contributed by atoms with van der Waals surface area (Å²) in [6, 6.07) is 0. The van der Waals surface area contributed by atoms with Crippen LogP contribution >= 0.6 is 35.9 Å². The molecule has 0 aliphatic rings. The van der Waals surface area contributed by atoms with Gasteiger partial charge in [0.1, 0.15) is 0 Å². The second-order valence-corrected chi connectivity index (χ2v) is 27.2. The van der Waals surface area contributed by atoms with Gasteiger partial charge in [0.05, 0.1) is 0 Å². The molecule has 1 nitrogen and oxygen atoms in total. The number of hydrogen-bond donors (Lipinski definition) is 1. The van der Waals surface area contributed by atoms with Crippen LogP contribution in [0.5, 0.6) is 0 Å². The molecule has 2 N–H and O–H groups in total. The summed E-state index contributed by atoms with van der Waals surface area (Å²) in [6.45, 7) is 3.16. The second kappa shape index (κ2) is 22.9. The third-order valence-electron chi connectivity index (χ3n) is 4.06. The summed E-state index contributed by atoms with van der Waals surface area (Å²) < 4.78 is 0. The van der Waals surface area contributed by atoms with Gasteiger partial charge in [-0.15, -0.1) is 0 Å². The number of halogens is 4. The summed E-state index contributed by atoms with van der Waals surface area (Å²) in [5.74, 6) is 0. The molecule has 150 valence electrons. The van der Waals surface area contributed by atoms with E-state index in [-0.39, 0.29) is 0 Å². The Kier molecular flexibility index (Phi) is 26.9. The van der Waals surface area contributed by atoms with Gasteiger partial charge >= 0.3 is 49.6 Å². The van der Waals surface area contributed by atoms with Crippen LogP contribution in [0.2, 0.25) is 0 Å². The quantitative estimate of drug-likeness (QED) is 0.154. The van der Waals surface area contributed by atoms with Crippen LogP contribution in [0.25, 0.3) is 0 Å². The molecule has 0 aromatic carbocycles. The van der Waals surface area contributed by atoms with E-state index in [2.05, 4.69) is 6.92 Å². The molecule has 6 heteroatoms. The third kappa shape index (κ3) is 39.1. The van der Waals surface area contributed by atoms with E-state index in [1.54, 1.807) is 0 Å². The average molecular weight is 539 g/mol. The Labute approximate surface area is 170 Å². The molecule has 0 amide bonds. The minimum atomic E-state index is -3.13. The fourth-order valence-corrected chi connectivity index (χ4v) is 2.69. The van der Waals surface area contributed by atoms with Crippen LogP contribution in [0.4, 0.5) is 0 Å². The fourth-order valence-electron chi connectivity index (χ4n) is 2.69. The molecule has 0 saturated heterocycles. The third-order valence-corrected chi connectivity index (χ3v) is 4.06. The van der Waals surface area contributed by atoms with E-state index >= 15 is 0 Å². The monoisotopic (exact) mass is 539 g/mol. The molecule has 0 heterocycles. The Morgan fingerprint density at radius 3 is 0.917 bits per heavy atom. The summed E-state index contributed by atoms with van der Waals surface area (Å²) in [6.07, 6.45) is 22.9. The Morgan fingerprint density at radius 2 is 0.708 bits per heavy atom. The summed E-state index contributed by atoms with van der Waals surface area (Å²) in [5.41, 5.74) is 5.48. The summed E-state index contributed by atoms with van der Waals surface area (Å²) in [4.78, 5) is 0. The van der Waals surface area contributed by atoms with Gasteiger partial charge in [0, 0.05) is 0 Å². The number of hydrogen-bond acceptors (Lipinski definition) is 1. The summed E-state index contributed by atoms with van der Waals surface area (Å²) >= 11 is -3.13. The molecule has 0 bridgehead atoms. The van der Waals surface area contributed by atoms with Crippen LogP contribution in [0.3, 0.4) is 0 Å². The molecular weight excluding hydrogens is 500 g/mol. The normalized spacial score (nSPS) is 11.9. The summed E-state index contributed by atoms with van der Waals surface area (Å²) in [5, 5.41) is 0. The first-order valence-corrected chi connectivity index (χ1v) is 21.5. The van der Waals surface area contributed by atoms with E-state index in [0.29, 0.717) is 0 Å². The Morgan fingerprint density at radius 1 is 0.500 bits per heavy atom. The van der Waals surface area contributed by atoms with Crippen molar-refractivity contribution in [2.45, 2.75) is 110 Å². The van der Waals surface area contributed by atoms with Crippen molar-refractivity contribution in [3.05, 3.63) is 0 Å². The van der Waals surface area contributed by atoms with Crippen molar-refractivity contribution in [3.63, 3.8) is 0 Å². The average Bonchev–Trinajstić information content (AvgIpc) is 2.49. The molecule has 0 aliphatic heterocycles. The first kappa shape index (κ1) is 28.1. The van der Waals surface area contributed by atoms with Crippen LogP contribution in [0.15, 0.2) is 0 Å². The van der Waals surface area contributed by atoms with Gasteiger partial charge in [-0.1, -0.05) is 103 Å². The van der Waals surface area contributed by atoms with Crippen molar-refractivity contribution in [2.75, 3.05) is 6.54 Å². The number of nitrogens with two attached hydrogens (primary N) is 1. The molecule has 0 spiro atoms. The molecule has 0 aromatic rings. The minimum absolute atomic E-state index is 0.873. The van der Waals surface area contributed by atoms with Gasteiger partial charge in [0.15, 0.2) is 0 Å². The first-order chi connectivity index (χ1) is 11.4. The standard InChI is InChI=1S/C18H39N.Cl4Te/c1-2-3-4-5-6-7-8-9-10-11-12-13-14-15-16-17-18-19;1-5(2,3)4/h2-19H2,1H3;. The molecule has 0 saturated carbocycles. The van der Waals surface area contributed by atoms with Gasteiger partial charge in [-0.25, -0.2) is 0 Å². The maximum atomic E-state index is 5.48. The van der Waals surface area contributed by atoms with E-state index in [4.69, 9.17) is 41.6 Å². The zero-order valence-electron chi connectivity index (χ0n) is 15.5. The van der Waals surface area contributed by atoms with Gasteiger partial charge in [-0.3, -0.25) is 0 Å². The van der Waals surface area contributed by atoms with Crippen LogP contribution in [0, 0.1) is 0 Å². The Hall–Kier alpha value is 1.91. The second-order valence-electron chi connectivity index (χ2n) is 6.44. The van der Waals surface area contributed by atoms with Crippen molar-refractivity contribution in [1.82, 2.24) is 0 Å². The molecule has 0 aliphatic carbocycles. The van der Waals surface area contributed by atoms with Crippen LogP contribution in [0.1, 0.15) is 110 Å². The van der Waals surface area contributed by atoms with E-state index in [1.165, 1.54) is 103 Å². The molecule has 24 heavy (non-hydrogen) atoms. The van der Waals surface area contributed by atoms with Crippen LogP contribution in [-0.2, 0) is 0 Å². The van der Waals surface area contributed by atoms with Gasteiger partial charge in [-0.05, 0) is 13.0 Å². The predicted molar refractivity (Wildman–Crippen MR) is 118 cm³/mol. The van der Waals surface area contributed by atoms with E-state index in [0.717, 1.165) is 6.54 Å². The number of unbranched alkanes of at least 4 members (excludes halogenated alkanes) is 15. The van der Waals surface area contributed by atoms with E-state index in [1.807, 2.05) is 0 Å². The Bertz CT molecular complexity index is 204. The SMILES string of the molecule is CCCCCCCCCCCCCCCCCCN.Cl[Te](Cl)(Cl)Cl. The maximum absolute atomic E-state index is 5.48. The van der Waals surface area contributed by atoms with Gasteiger partial charge in [-0.2, -0.15) is 0 Å². The number of rotatable bonds is 16. The van der Waals surface area contributed by atoms with Gasteiger partial charge in [0.2, 0.25) is 0 Å². The van der Waals surface area contributed by atoms with Crippen LogP contribution < -0.4 is 5.73 Å². The Balaban J connectivity index is 0. The van der Waals surface area contributed by atoms with E-state index in [9.17, 15) is 0 Å². The zero-order chi connectivity index (χ0) is 18.5. The zero-order valence-corrected chi connectivity index (χ0v) is 20.9. The van der Waals surface area contributed by atoms with Crippen molar-refractivity contribution in [1.29, 1.82) is 0 Å². The molecular formula is C18H39Cl4NTe. The topological polar surface area (TPSA) is 26.0 Å². The summed E-state index contributed by atoms with van der Waals surface area (Å²) in [7, 11) is 20.1. The molecule has 0 atom stereocenters. The van der Waals surface area contributed by atoms with Crippen molar-refractivity contribution < 1.29 is 0 Å². The molecule has 0 rings (SSSR count). The molecule has 0 aromatic heterocycles. The van der Waals surface area contributed by atoms with Crippen molar-refractivity contribution in [3.8, 4) is 0 Å². The first-order valence-electron chi connectivity index (χ1n) is 9.73. The molecule has 0 fully saturated rings. The molecule has 0 radical (unpaired) electrons.